The first-order valence-electron chi connectivity index (χ1n) is 8.04. The average Bonchev–Trinajstić information content (AvgIpc) is 2.52. The summed E-state index contributed by atoms with van der Waals surface area (Å²) >= 11 is 0. The summed E-state index contributed by atoms with van der Waals surface area (Å²) in [6, 6.07) is 3.25. The first kappa shape index (κ1) is 20.9. The lowest BCUT2D eigenvalue weighted by atomic mass is 10.2. The number of hydrogen-bond acceptors (Lipinski definition) is 8. The second kappa shape index (κ2) is 7.66. The highest BCUT2D eigenvalue weighted by Gasteiger charge is 2.29. The van der Waals surface area contributed by atoms with Gasteiger partial charge in [-0.3, -0.25) is 10.1 Å². The van der Waals surface area contributed by atoms with Crippen LogP contribution in [0.25, 0.3) is 0 Å². The van der Waals surface area contributed by atoms with Gasteiger partial charge in [-0.1, -0.05) is 0 Å². The van der Waals surface area contributed by atoms with Crippen LogP contribution < -0.4 is 10.5 Å². The minimum atomic E-state index is -4.08. The monoisotopic (exact) mass is 402 g/mol. The van der Waals surface area contributed by atoms with Crippen LogP contribution in [-0.2, 0) is 19.5 Å². The van der Waals surface area contributed by atoms with Crippen molar-refractivity contribution in [3.05, 3.63) is 28.3 Å². The van der Waals surface area contributed by atoms with E-state index in [-0.39, 0.29) is 23.7 Å². The van der Waals surface area contributed by atoms with Crippen LogP contribution >= 0.6 is 0 Å². The molecule has 27 heavy (non-hydrogen) atoms. The molecule has 1 amide bonds. The van der Waals surface area contributed by atoms with Gasteiger partial charge < -0.3 is 19.7 Å². The molecule has 0 aromatic heterocycles. The maximum atomic E-state index is 12.2. The molecule has 1 aliphatic heterocycles. The van der Waals surface area contributed by atoms with E-state index in [4.69, 9.17) is 14.6 Å². The third kappa shape index (κ3) is 5.77. The smallest absolute Gasteiger partial charge is 0.410 e. The Morgan fingerprint density at radius 1 is 1.44 bits per heavy atom. The van der Waals surface area contributed by atoms with Gasteiger partial charge in [0.25, 0.3) is 5.69 Å². The van der Waals surface area contributed by atoms with Gasteiger partial charge in [0.05, 0.1) is 23.0 Å². The number of ether oxygens (including phenoxy) is 2. The summed E-state index contributed by atoms with van der Waals surface area (Å²) in [7, 11) is -4.08. The molecule has 1 atom stereocenters. The molecule has 0 aliphatic carbocycles. The number of hydrogen-bond donors (Lipinski definition) is 2. The number of primary sulfonamides is 1. The molecular weight excluding hydrogens is 380 g/mol. The predicted molar refractivity (Wildman–Crippen MR) is 95.6 cm³/mol. The van der Waals surface area contributed by atoms with E-state index in [9.17, 15) is 23.3 Å². The number of amides is 1. The lowest BCUT2D eigenvalue weighted by molar-refractivity contribution is -0.384. The number of nitrogens with two attached hydrogens (primary N) is 1. The van der Waals surface area contributed by atoms with Gasteiger partial charge in [0.15, 0.2) is 0 Å². The van der Waals surface area contributed by atoms with Crippen LogP contribution in [0.4, 0.5) is 16.2 Å². The van der Waals surface area contributed by atoms with E-state index in [1.165, 1.54) is 11.0 Å². The number of morpholine rings is 1. The van der Waals surface area contributed by atoms with E-state index in [1.807, 2.05) is 0 Å². The van der Waals surface area contributed by atoms with E-state index in [0.29, 0.717) is 6.54 Å². The molecule has 1 unspecified atom stereocenters. The molecule has 0 radical (unpaired) electrons. The molecule has 1 fully saturated rings. The summed E-state index contributed by atoms with van der Waals surface area (Å²) in [5.41, 5.74) is -1.08. The molecule has 1 aliphatic rings. The number of carbonyl (C=O) groups is 1. The molecule has 2 rings (SSSR count). The molecule has 1 aromatic rings. The van der Waals surface area contributed by atoms with E-state index < -0.39 is 38.6 Å². The number of sulfonamides is 1. The fraction of sp³-hybridized carbons (Fsp3) is 0.533. The Balaban J connectivity index is 2.16. The molecule has 1 aromatic carbocycles. The van der Waals surface area contributed by atoms with Crippen molar-refractivity contribution in [2.45, 2.75) is 37.5 Å². The zero-order valence-electron chi connectivity index (χ0n) is 15.2. The first-order valence-corrected chi connectivity index (χ1v) is 9.59. The molecule has 0 spiro atoms. The molecule has 12 heteroatoms. The lowest BCUT2D eigenvalue weighted by Gasteiger charge is -2.34. The molecule has 1 saturated heterocycles. The quantitative estimate of drug-likeness (QED) is 0.563. The molecule has 150 valence electrons. The van der Waals surface area contributed by atoms with Crippen LogP contribution in [0.1, 0.15) is 20.8 Å². The summed E-state index contributed by atoms with van der Waals surface area (Å²) in [6.45, 7) is 5.87. The third-order valence-corrected chi connectivity index (χ3v) is 4.44. The van der Waals surface area contributed by atoms with Crippen LogP contribution in [0.2, 0.25) is 0 Å². The zero-order chi connectivity index (χ0) is 20.4. The standard InChI is InChI=1S/C15H22N4O7S/c1-15(2,3)26-14(20)18-6-7-25-13(9-18)17-11-5-4-10(27(16,23)24)8-12(11)19(21)22/h4-5,8,13,17H,6-7,9H2,1-3H3,(H2,16,23,24). The second-order valence-electron chi connectivity index (χ2n) is 6.91. The SMILES string of the molecule is CC(C)(C)OC(=O)N1CCOC(Nc2ccc(S(N)(=O)=O)cc2[N+](=O)[O-])C1. The van der Waals surface area contributed by atoms with Crippen molar-refractivity contribution in [1.29, 1.82) is 0 Å². The summed E-state index contributed by atoms with van der Waals surface area (Å²) in [5.74, 6) is 0. The summed E-state index contributed by atoms with van der Waals surface area (Å²) in [5, 5.41) is 19.1. The Kier molecular flexibility index (Phi) is 5.92. The van der Waals surface area contributed by atoms with Gasteiger partial charge in [0, 0.05) is 12.6 Å². The Bertz CT molecular complexity index is 835. The molecule has 0 bridgehead atoms. The number of carbonyl (C=O) groups excluding carboxylic acids is 1. The highest BCUT2D eigenvalue weighted by atomic mass is 32.2. The van der Waals surface area contributed by atoms with Crippen molar-refractivity contribution in [1.82, 2.24) is 4.90 Å². The van der Waals surface area contributed by atoms with E-state index in [2.05, 4.69) is 5.32 Å². The number of rotatable bonds is 4. The largest absolute Gasteiger partial charge is 0.444 e. The zero-order valence-corrected chi connectivity index (χ0v) is 16.0. The molecule has 3 N–H and O–H groups in total. The number of nitrogens with zero attached hydrogens (tertiary/aromatic N) is 2. The van der Waals surface area contributed by atoms with Gasteiger partial charge in [0.2, 0.25) is 10.0 Å². The third-order valence-electron chi connectivity index (χ3n) is 3.53. The Morgan fingerprint density at radius 2 is 2.11 bits per heavy atom. The summed E-state index contributed by atoms with van der Waals surface area (Å²) in [4.78, 5) is 23.8. The number of anilines is 1. The second-order valence-corrected chi connectivity index (χ2v) is 8.47. The van der Waals surface area contributed by atoms with E-state index in [1.54, 1.807) is 20.8 Å². The minimum Gasteiger partial charge on any atom is -0.444 e. The number of benzene rings is 1. The van der Waals surface area contributed by atoms with E-state index in [0.717, 1.165) is 12.1 Å². The number of nitro benzene ring substituents is 1. The van der Waals surface area contributed by atoms with Crippen LogP contribution in [0, 0.1) is 10.1 Å². The normalized spacial score (nSPS) is 18.1. The van der Waals surface area contributed by atoms with E-state index >= 15 is 0 Å². The molecule has 11 nitrogen and oxygen atoms in total. The number of nitro groups is 1. The fourth-order valence-corrected chi connectivity index (χ4v) is 2.90. The van der Waals surface area contributed by atoms with Gasteiger partial charge in [-0.05, 0) is 32.9 Å². The van der Waals surface area contributed by atoms with Crippen molar-refractivity contribution in [3.8, 4) is 0 Å². The van der Waals surface area contributed by atoms with Crippen LogP contribution in [-0.4, -0.2) is 55.9 Å². The van der Waals surface area contributed by atoms with Gasteiger partial charge in [-0.25, -0.2) is 18.4 Å². The van der Waals surface area contributed by atoms with Gasteiger partial charge in [0.1, 0.15) is 17.5 Å². The maximum Gasteiger partial charge on any atom is 0.410 e. The maximum absolute atomic E-state index is 12.2. The van der Waals surface area contributed by atoms with Crippen LogP contribution in [0.15, 0.2) is 23.1 Å². The molecular formula is C15H22N4O7S. The highest BCUT2D eigenvalue weighted by molar-refractivity contribution is 7.89. The van der Waals surface area contributed by atoms with Crippen molar-refractivity contribution < 1.29 is 27.6 Å². The Labute approximate surface area is 156 Å². The Hall–Kier alpha value is -2.44. The molecule has 1 heterocycles. The van der Waals surface area contributed by atoms with Crippen molar-refractivity contribution >= 4 is 27.5 Å². The van der Waals surface area contributed by atoms with Crippen molar-refractivity contribution in [3.63, 3.8) is 0 Å². The van der Waals surface area contributed by atoms with Crippen LogP contribution in [0.3, 0.4) is 0 Å². The highest BCUT2D eigenvalue weighted by Crippen LogP contribution is 2.28. The summed E-state index contributed by atoms with van der Waals surface area (Å²) in [6.07, 6.45) is -1.25. The van der Waals surface area contributed by atoms with Gasteiger partial charge in [-0.15, -0.1) is 0 Å². The number of nitrogens with one attached hydrogen (secondary N) is 1. The topological polar surface area (TPSA) is 154 Å². The fourth-order valence-electron chi connectivity index (χ4n) is 2.36. The predicted octanol–water partition coefficient (Wildman–Crippen LogP) is 1.25. The minimum absolute atomic E-state index is 0.0449. The van der Waals surface area contributed by atoms with Crippen LogP contribution in [0.5, 0.6) is 0 Å². The summed E-state index contributed by atoms with van der Waals surface area (Å²) < 4.78 is 33.6. The lowest BCUT2D eigenvalue weighted by Crippen LogP contribution is -2.49. The van der Waals surface area contributed by atoms with Gasteiger partial charge >= 0.3 is 6.09 Å². The molecule has 0 saturated carbocycles. The van der Waals surface area contributed by atoms with Crippen molar-refractivity contribution in [2.75, 3.05) is 25.0 Å². The average molecular weight is 402 g/mol. The first-order chi connectivity index (χ1) is 12.4. The van der Waals surface area contributed by atoms with Crippen molar-refractivity contribution in [2.24, 2.45) is 5.14 Å². The van der Waals surface area contributed by atoms with Gasteiger partial charge in [-0.2, -0.15) is 0 Å². The Morgan fingerprint density at radius 3 is 2.67 bits per heavy atom.